The molecule has 4 aliphatic carbocycles. The molecular weight excluding hydrogens is 490 g/mol. The first-order chi connectivity index (χ1) is 18.9. The Morgan fingerprint density at radius 2 is 1.67 bits per heavy atom. The largest absolute Gasteiger partial charge is 0.368 e. The van der Waals surface area contributed by atoms with Crippen LogP contribution in [0.25, 0.3) is 10.9 Å². The summed E-state index contributed by atoms with van der Waals surface area (Å²) in [4.78, 5) is 48.2. The predicted octanol–water partition coefficient (Wildman–Crippen LogP) is 3.55. The van der Waals surface area contributed by atoms with Gasteiger partial charge in [-0.25, -0.2) is 4.98 Å². The van der Waals surface area contributed by atoms with E-state index in [1.54, 1.807) is 6.92 Å². The first kappa shape index (κ1) is 24.1. The van der Waals surface area contributed by atoms with Gasteiger partial charge >= 0.3 is 0 Å². The maximum absolute atomic E-state index is 13.9. The second-order valence-corrected chi connectivity index (χ2v) is 13.8. The van der Waals surface area contributed by atoms with E-state index in [-0.39, 0.29) is 17.9 Å². The number of nitrogens with one attached hydrogen (secondary N) is 1. The number of anilines is 1. The van der Waals surface area contributed by atoms with Crippen molar-refractivity contribution in [3.8, 4) is 0 Å². The molecule has 3 atom stereocenters. The monoisotopic (exact) mass is 529 g/mol. The van der Waals surface area contributed by atoms with Crippen LogP contribution in [0.2, 0.25) is 0 Å². The van der Waals surface area contributed by atoms with Crippen molar-refractivity contribution in [2.75, 3.05) is 24.5 Å². The molecule has 2 amide bonds. The molecule has 3 unspecified atom stereocenters. The van der Waals surface area contributed by atoms with Crippen molar-refractivity contribution in [1.82, 2.24) is 19.8 Å². The third-order valence-corrected chi connectivity index (χ3v) is 11.4. The minimum absolute atomic E-state index is 0.180. The zero-order chi connectivity index (χ0) is 26.5. The number of benzene rings is 1. The van der Waals surface area contributed by atoms with E-state index in [1.165, 1.54) is 62.5 Å². The number of hydrogen-bond acceptors (Lipinski definition) is 6. The van der Waals surface area contributed by atoms with Crippen molar-refractivity contribution in [3.63, 3.8) is 0 Å². The molecular formula is C31H39N5O3. The standard InChI is InChI=1S/C31H39N5O3/c1-18-32-24-3-2-4-25(28(24)30(39)36(18)26-5-6-27(37)33-29(26)38)34-16-22-12-23(17-34)35(22)8-7-31-13-19-9-20(14-31)11-21(10-19)15-31/h2-4,19-23,26H,5-17H2,1H3,(H,33,37,38). The molecule has 10 rings (SSSR count). The number of piperazine rings is 1. The van der Waals surface area contributed by atoms with Crippen LogP contribution in [0.4, 0.5) is 5.69 Å². The average molecular weight is 530 g/mol. The van der Waals surface area contributed by atoms with Gasteiger partial charge in [0, 0.05) is 31.6 Å². The number of carbonyl (C=O) groups excluding carboxylic acids is 2. The minimum Gasteiger partial charge on any atom is -0.368 e. The summed E-state index contributed by atoms with van der Waals surface area (Å²) < 4.78 is 1.51. The fourth-order valence-corrected chi connectivity index (χ4v) is 10.1. The first-order valence-corrected chi connectivity index (χ1v) is 15.2. The number of amides is 2. The second-order valence-electron chi connectivity index (χ2n) is 13.8. The SMILES string of the molecule is Cc1nc2cccc(N3CC4CC(C3)N4CCC34CC5CC(CC(C5)C3)C4)c2c(=O)n1C1CCC(=O)NC1=O. The lowest BCUT2D eigenvalue weighted by Crippen LogP contribution is -2.69. The van der Waals surface area contributed by atoms with Gasteiger partial charge in [0.05, 0.1) is 16.6 Å². The van der Waals surface area contributed by atoms with E-state index < -0.39 is 11.9 Å². The van der Waals surface area contributed by atoms with Crippen LogP contribution in [0.3, 0.4) is 0 Å². The average Bonchev–Trinajstić information content (AvgIpc) is 2.88. The normalized spacial score (nSPS) is 37.3. The molecule has 1 aromatic heterocycles. The Morgan fingerprint density at radius 1 is 0.974 bits per heavy atom. The number of carbonyl (C=O) groups is 2. The molecule has 0 spiro atoms. The molecule has 6 bridgehead atoms. The second kappa shape index (κ2) is 8.63. The van der Waals surface area contributed by atoms with Crippen LogP contribution < -0.4 is 15.8 Å². The molecule has 39 heavy (non-hydrogen) atoms. The Balaban J connectivity index is 1.03. The molecule has 5 heterocycles. The summed E-state index contributed by atoms with van der Waals surface area (Å²) in [6, 6.07) is 6.32. The van der Waals surface area contributed by atoms with Crippen LogP contribution in [-0.2, 0) is 9.59 Å². The summed E-state index contributed by atoms with van der Waals surface area (Å²) in [5.74, 6) is 2.85. The van der Waals surface area contributed by atoms with Crippen molar-refractivity contribution >= 4 is 28.4 Å². The van der Waals surface area contributed by atoms with Crippen molar-refractivity contribution in [1.29, 1.82) is 0 Å². The van der Waals surface area contributed by atoms with Gasteiger partial charge in [-0.3, -0.25) is 29.2 Å². The smallest absolute Gasteiger partial charge is 0.264 e. The lowest BCUT2D eigenvalue weighted by molar-refractivity contribution is -0.135. The first-order valence-electron chi connectivity index (χ1n) is 15.2. The van der Waals surface area contributed by atoms with Gasteiger partial charge in [0.15, 0.2) is 0 Å². The van der Waals surface area contributed by atoms with E-state index in [0.29, 0.717) is 40.6 Å². The minimum atomic E-state index is -0.699. The molecule has 1 aromatic carbocycles. The summed E-state index contributed by atoms with van der Waals surface area (Å²) in [6.45, 7) is 4.87. The highest BCUT2D eigenvalue weighted by atomic mass is 16.2. The highest BCUT2D eigenvalue weighted by molar-refractivity contribution is 5.99. The van der Waals surface area contributed by atoms with Crippen LogP contribution >= 0.6 is 0 Å². The van der Waals surface area contributed by atoms with Crippen LogP contribution in [0, 0.1) is 30.1 Å². The highest BCUT2D eigenvalue weighted by Crippen LogP contribution is 2.61. The van der Waals surface area contributed by atoms with Crippen molar-refractivity contribution < 1.29 is 9.59 Å². The summed E-state index contributed by atoms with van der Waals surface area (Å²) in [5, 5.41) is 2.99. The third-order valence-electron chi connectivity index (χ3n) is 11.4. The summed E-state index contributed by atoms with van der Waals surface area (Å²) in [5.41, 5.74) is 2.05. The third kappa shape index (κ3) is 3.80. The quantitative estimate of drug-likeness (QED) is 0.596. The number of piperidine rings is 2. The van der Waals surface area contributed by atoms with Gasteiger partial charge in [0.1, 0.15) is 11.9 Å². The van der Waals surface area contributed by atoms with E-state index in [9.17, 15) is 14.4 Å². The predicted molar refractivity (Wildman–Crippen MR) is 148 cm³/mol. The van der Waals surface area contributed by atoms with E-state index in [2.05, 4.69) is 15.1 Å². The van der Waals surface area contributed by atoms with Gasteiger partial charge in [-0.2, -0.15) is 0 Å². The maximum Gasteiger partial charge on any atom is 0.264 e. The fraction of sp³-hybridized carbons (Fsp3) is 0.677. The molecule has 1 N–H and O–H groups in total. The number of imide groups is 1. The van der Waals surface area contributed by atoms with Crippen molar-refractivity contribution in [2.24, 2.45) is 23.2 Å². The molecule has 2 aromatic rings. The molecule has 4 aliphatic heterocycles. The number of aryl methyl sites for hydroxylation is 1. The van der Waals surface area contributed by atoms with Gasteiger partial charge in [0.2, 0.25) is 11.8 Å². The van der Waals surface area contributed by atoms with Crippen LogP contribution in [0.15, 0.2) is 23.0 Å². The Bertz CT molecular complexity index is 1380. The van der Waals surface area contributed by atoms with E-state index in [0.717, 1.165) is 36.5 Å². The van der Waals surface area contributed by atoms with E-state index >= 15 is 0 Å². The number of rotatable bonds is 5. The molecule has 8 fully saturated rings. The van der Waals surface area contributed by atoms with Crippen LogP contribution in [0.1, 0.15) is 76.1 Å². The molecule has 8 nitrogen and oxygen atoms in total. The Kier molecular flexibility index (Phi) is 5.33. The van der Waals surface area contributed by atoms with Gasteiger partial charge in [-0.15, -0.1) is 0 Å². The molecule has 4 saturated heterocycles. The number of hydrogen-bond donors (Lipinski definition) is 1. The highest BCUT2D eigenvalue weighted by Gasteiger charge is 2.52. The zero-order valence-corrected chi connectivity index (χ0v) is 22.9. The van der Waals surface area contributed by atoms with E-state index in [1.807, 2.05) is 18.2 Å². The topological polar surface area (TPSA) is 87.5 Å². The fourth-order valence-electron chi connectivity index (χ4n) is 10.1. The van der Waals surface area contributed by atoms with Crippen LogP contribution in [-0.4, -0.2) is 58.0 Å². The molecule has 8 heteroatoms. The number of aromatic nitrogens is 2. The number of nitrogens with zero attached hydrogens (tertiary/aromatic N) is 4. The van der Waals surface area contributed by atoms with Crippen molar-refractivity contribution in [3.05, 3.63) is 34.4 Å². The lowest BCUT2D eigenvalue weighted by atomic mass is 9.49. The van der Waals surface area contributed by atoms with Gasteiger partial charge in [0.25, 0.3) is 5.56 Å². The molecule has 8 aliphatic rings. The number of fused-ring (bicyclic) bond motifs is 3. The van der Waals surface area contributed by atoms with Gasteiger partial charge in [-0.1, -0.05) is 6.07 Å². The summed E-state index contributed by atoms with van der Waals surface area (Å²) >= 11 is 0. The molecule has 0 radical (unpaired) electrons. The summed E-state index contributed by atoms with van der Waals surface area (Å²) in [6.07, 6.45) is 12.2. The maximum atomic E-state index is 13.9. The zero-order valence-electron chi connectivity index (χ0n) is 22.9. The molecule has 206 valence electrons. The Labute approximate surface area is 229 Å². The van der Waals surface area contributed by atoms with Crippen molar-refractivity contribution in [2.45, 2.75) is 89.3 Å². The van der Waals surface area contributed by atoms with Gasteiger partial charge in [-0.05, 0) is 107 Å². The van der Waals surface area contributed by atoms with E-state index in [4.69, 9.17) is 4.98 Å². The Morgan fingerprint density at radius 3 is 2.33 bits per heavy atom. The molecule has 4 saturated carbocycles. The summed E-state index contributed by atoms with van der Waals surface area (Å²) in [7, 11) is 0. The van der Waals surface area contributed by atoms with Gasteiger partial charge < -0.3 is 4.90 Å². The lowest BCUT2D eigenvalue weighted by Gasteiger charge is -2.60. The Hall–Kier alpha value is -2.74. The van der Waals surface area contributed by atoms with Crippen LogP contribution in [0.5, 0.6) is 0 Å².